The van der Waals surface area contributed by atoms with E-state index in [2.05, 4.69) is 0 Å². The fraction of sp³-hybridized carbons (Fsp3) is 0. The number of hydrogen-bond acceptors (Lipinski definition) is 2. The lowest BCUT2D eigenvalue weighted by molar-refractivity contribution is 0.0683. The third-order valence-corrected chi connectivity index (χ3v) is 2.73. The van der Waals surface area contributed by atoms with Gasteiger partial charge in [-0.2, -0.15) is 0 Å². The first-order chi connectivity index (χ1) is 9.41. The van der Waals surface area contributed by atoms with E-state index >= 15 is 0 Å². The van der Waals surface area contributed by atoms with Crippen molar-refractivity contribution in [3.8, 4) is 11.1 Å². The number of benzene rings is 2. The number of aromatic carboxylic acids is 2. The van der Waals surface area contributed by atoms with Gasteiger partial charge in [0.15, 0.2) is 11.6 Å². The predicted molar refractivity (Wildman–Crippen MR) is 65.7 cm³/mol. The lowest BCUT2D eigenvalue weighted by atomic mass is 9.97. The van der Waals surface area contributed by atoms with E-state index in [-0.39, 0.29) is 16.7 Å². The van der Waals surface area contributed by atoms with Gasteiger partial charge in [-0.3, -0.25) is 0 Å². The average molecular weight is 278 g/mol. The Kier molecular flexibility index (Phi) is 3.47. The van der Waals surface area contributed by atoms with Crippen LogP contribution in [0.25, 0.3) is 11.1 Å². The van der Waals surface area contributed by atoms with E-state index in [1.807, 2.05) is 0 Å². The highest BCUT2D eigenvalue weighted by Crippen LogP contribution is 2.28. The zero-order valence-electron chi connectivity index (χ0n) is 9.93. The summed E-state index contributed by atoms with van der Waals surface area (Å²) < 4.78 is 26.7. The summed E-state index contributed by atoms with van der Waals surface area (Å²) in [5.74, 6) is -5.58. The van der Waals surface area contributed by atoms with Crippen molar-refractivity contribution in [3.63, 3.8) is 0 Å². The molecule has 0 atom stereocenters. The van der Waals surface area contributed by atoms with Crippen molar-refractivity contribution in [1.29, 1.82) is 0 Å². The first-order valence-electron chi connectivity index (χ1n) is 5.47. The fourth-order valence-electron chi connectivity index (χ4n) is 1.82. The summed E-state index contributed by atoms with van der Waals surface area (Å²) in [7, 11) is 0. The molecular weight excluding hydrogens is 270 g/mol. The van der Waals surface area contributed by atoms with Crippen LogP contribution in [0.1, 0.15) is 20.7 Å². The second-order valence-electron chi connectivity index (χ2n) is 3.98. The van der Waals surface area contributed by atoms with Gasteiger partial charge in [0.25, 0.3) is 0 Å². The minimum absolute atomic E-state index is 0.0800. The fourth-order valence-corrected chi connectivity index (χ4v) is 1.82. The standard InChI is InChI=1S/C14H8F2O4/c15-10-5-4-9(11(12(10)16)14(19)20)7-2-1-3-8(6-7)13(17)18/h1-6H,(H,17,18)(H,19,20). The van der Waals surface area contributed by atoms with Gasteiger partial charge in [0.05, 0.1) is 5.56 Å². The van der Waals surface area contributed by atoms with Crippen LogP contribution in [-0.2, 0) is 0 Å². The molecular formula is C14H8F2O4. The third-order valence-electron chi connectivity index (χ3n) is 2.73. The SMILES string of the molecule is O=C(O)c1cccc(-c2ccc(F)c(F)c2C(=O)O)c1. The monoisotopic (exact) mass is 278 g/mol. The van der Waals surface area contributed by atoms with Crippen molar-refractivity contribution in [2.75, 3.05) is 0 Å². The number of carboxylic acids is 2. The van der Waals surface area contributed by atoms with Gasteiger partial charge < -0.3 is 10.2 Å². The molecule has 0 saturated heterocycles. The van der Waals surface area contributed by atoms with E-state index in [4.69, 9.17) is 10.2 Å². The van der Waals surface area contributed by atoms with Crippen LogP contribution in [0.4, 0.5) is 8.78 Å². The average Bonchev–Trinajstić information content (AvgIpc) is 2.41. The summed E-state index contributed by atoms with van der Waals surface area (Å²) >= 11 is 0. The molecule has 20 heavy (non-hydrogen) atoms. The van der Waals surface area contributed by atoms with Gasteiger partial charge in [-0.25, -0.2) is 18.4 Å². The summed E-state index contributed by atoms with van der Waals surface area (Å²) in [5.41, 5.74) is -0.809. The molecule has 6 heteroatoms. The van der Waals surface area contributed by atoms with Crippen LogP contribution in [-0.4, -0.2) is 22.2 Å². The normalized spacial score (nSPS) is 10.3. The molecule has 4 nitrogen and oxygen atoms in total. The van der Waals surface area contributed by atoms with Gasteiger partial charge >= 0.3 is 11.9 Å². The molecule has 0 amide bonds. The molecule has 0 bridgehead atoms. The molecule has 2 rings (SSSR count). The van der Waals surface area contributed by atoms with E-state index < -0.39 is 29.1 Å². The van der Waals surface area contributed by atoms with Gasteiger partial charge in [-0.15, -0.1) is 0 Å². The molecule has 102 valence electrons. The number of halogens is 2. The molecule has 0 aliphatic heterocycles. The maximum atomic E-state index is 13.6. The zero-order chi connectivity index (χ0) is 14.9. The Bertz CT molecular complexity index is 710. The van der Waals surface area contributed by atoms with Crippen LogP contribution in [0.5, 0.6) is 0 Å². The Balaban J connectivity index is 2.70. The van der Waals surface area contributed by atoms with Crippen LogP contribution >= 0.6 is 0 Å². The van der Waals surface area contributed by atoms with Crippen LogP contribution < -0.4 is 0 Å². The van der Waals surface area contributed by atoms with E-state index in [0.29, 0.717) is 0 Å². The van der Waals surface area contributed by atoms with Crippen LogP contribution in [0.3, 0.4) is 0 Å². The van der Waals surface area contributed by atoms with Crippen LogP contribution in [0.15, 0.2) is 36.4 Å². The molecule has 2 N–H and O–H groups in total. The number of hydrogen-bond donors (Lipinski definition) is 2. The number of carboxylic acid groups (broad SMARTS) is 2. The zero-order valence-corrected chi connectivity index (χ0v) is 9.93. The Labute approximate surface area is 111 Å². The molecule has 0 aromatic heterocycles. The molecule has 2 aromatic rings. The summed E-state index contributed by atoms with van der Waals surface area (Å²) in [4.78, 5) is 21.9. The molecule has 0 aliphatic carbocycles. The Hall–Kier alpha value is -2.76. The topological polar surface area (TPSA) is 74.6 Å². The molecule has 0 aliphatic rings. The quantitative estimate of drug-likeness (QED) is 0.905. The van der Waals surface area contributed by atoms with Crippen molar-refractivity contribution < 1.29 is 28.6 Å². The Morgan fingerprint density at radius 3 is 2.25 bits per heavy atom. The predicted octanol–water partition coefficient (Wildman–Crippen LogP) is 3.03. The van der Waals surface area contributed by atoms with Crippen molar-refractivity contribution in [1.82, 2.24) is 0 Å². The minimum atomic E-state index is -1.63. The Morgan fingerprint density at radius 1 is 0.950 bits per heavy atom. The summed E-state index contributed by atoms with van der Waals surface area (Å²) in [6.07, 6.45) is 0. The first-order valence-corrected chi connectivity index (χ1v) is 5.47. The van der Waals surface area contributed by atoms with Crippen molar-refractivity contribution in [3.05, 3.63) is 59.2 Å². The summed E-state index contributed by atoms with van der Waals surface area (Å²) in [6.45, 7) is 0. The molecule has 0 spiro atoms. The largest absolute Gasteiger partial charge is 0.478 e. The number of rotatable bonds is 3. The first kappa shape index (κ1) is 13.7. The maximum absolute atomic E-state index is 13.6. The molecule has 0 unspecified atom stereocenters. The summed E-state index contributed by atoms with van der Waals surface area (Å²) in [5, 5.41) is 17.9. The van der Waals surface area contributed by atoms with Crippen molar-refractivity contribution in [2.45, 2.75) is 0 Å². The van der Waals surface area contributed by atoms with Gasteiger partial charge in [0, 0.05) is 0 Å². The van der Waals surface area contributed by atoms with Crippen molar-refractivity contribution >= 4 is 11.9 Å². The highest BCUT2D eigenvalue weighted by Gasteiger charge is 2.21. The Morgan fingerprint density at radius 2 is 1.65 bits per heavy atom. The van der Waals surface area contributed by atoms with E-state index in [1.165, 1.54) is 24.3 Å². The summed E-state index contributed by atoms with van der Waals surface area (Å²) in [6, 6.07) is 7.22. The third kappa shape index (κ3) is 2.35. The van der Waals surface area contributed by atoms with E-state index in [0.717, 1.165) is 12.1 Å². The van der Waals surface area contributed by atoms with Crippen LogP contribution in [0, 0.1) is 11.6 Å². The highest BCUT2D eigenvalue weighted by atomic mass is 19.2. The van der Waals surface area contributed by atoms with E-state index in [9.17, 15) is 18.4 Å². The molecule has 0 radical (unpaired) electrons. The lowest BCUT2D eigenvalue weighted by Crippen LogP contribution is -2.06. The minimum Gasteiger partial charge on any atom is -0.478 e. The number of carbonyl (C=O) groups is 2. The maximum Gasteiger partial charge on any atom is 0.339 e. The van der Waals surface area contributed by atoms with E-state index in [1.54, 1.807) is 0 Å². The smallest absolute Gasteiger partial charge is 0.339 e. The molecule has 0 fully saturated rings. The van der Waals surface area contributed by atoms with Crippen LogP contribution in [0.2, 0.25) is 0 Å². The van der Waals surface area contributed by atoms with Gasteiger partial charge in [-0.05, 0) is 29.3 Å². The van der Waals surface area contributed by atoms with Gasteiger partial charge in [0.2, 0.25) is 0 Å². The molecule has 0 saturated carbocycles. The second-order valence-corrected chi connectivity index (χ2v) is 3.98. The van der Waals surface area contributed by atoms with Gasteiger partial charge in [0.1, 0.15) is 5.56 Å². The highest BCUT2D eigenvalue weighted by molar-refractivity contribution is 5.97. The molecule has 2 aromatic carbocycles. The molecule has 0 heterocycles. The second kappa shape index (κ2) is 5.08. The lowest BCUT2D eigenvalue weighted by Gasteiger charge is -2.08. The van der Waals surface area contributed by atoms with Gasteiger partial charge in [-0.1, -0.05) is 18.2 Å². The van der Waals surface area contributed by atoms with Crippen molar-refractivity contribution in [2.24, 2.45) is 0 Å².